The topological polar surface area (TPSA) is 63.7 Å². The van der Waals surface area contributed by atoms with Gasteiger partial charge in [0.2, 0.25) is 0 Å². The molecule has 0 unspecified atom stereocenters. The van der Waals surface area contributed by atoms with Crippen LogP contribution in [-0.4, -0.2) is 14.8 Å². The summed E-state index contributed by atoms with van der Waals surface area (Å²) < 4.78 is 7.16. The predicted octanol–water partition coefficient (Wildman–Crippen LogP) is 1.27. The van der Waals surface area contributed by atoms with Gasteiger partial charge in [-0.2, -0.15) is 10.4 Å². The van der Waals surface area contributed by atoms with Crippen LogP contribution in [0.3, 0.4) is 0 Å². The molecule has 5 nitrogen and oxygen atoms in total. The molecule has 0 saturated carbocycles. The van der Waals surface area contributed by atoms with E-state index in [-0.39, 0.29) is 0 Å². The standard InChI is InChI=1S/C11H10N4O/c1-15-7-11(6-14-15)16-8-9-2-3-13-10(4-9)5-12/h2-4,6-7H,8H2,1H3. The Labute approximate surface area is 92.9 Å². The maximum Gasteiger partial charge on any atom is 0.157 e. The lowest BCUT2D eigenvalue weighted by atomic mass is 10.2. The summed E-state index contributed by atoms with van der Waals surface area (Å²) in [6.07, 6.45) is 5.03. The molecule has 0 spiro atoms. The third-order valence-electron chi connectivity index (χ3n) is 2.03. The Kier molecular flexibility index (Phi) is 2.83. The van der Waals surface area contributed by atoms with Gasteiger partial charge in [0.1, 0.15) is 18.4 Å². The van der Waals surface area contributed by atoms with Crippen molar-refractivity contribution in [3.63, 3.8) is 0 Å². The highest BCUT2D eigenvalue weighted by Gasteiger charge is 1.99. The van der Waals surface area contributed by atoms with E-state index in [1.54, 1.807) is 29.3 Å². The van der Waals surface area contributed by atoms with E-state index < -0.39 is 0 Å². The summed E-state index contributed by atoms with van der Waals surface area (Å²) in [5, 5.41) is 12.7. The Hall–Kier alpha value is -2.35. The largest absolute Gasteiger partial charge is 0.486 e. The summed E-state index contributed by atoms with van der Waals surface area (Å²) in [7, 11) is 1.83. The first-order valence-electron chi connectivity index (χ1n) is 4.74. The van der Waals surface area contributed by atoms with Gasteiger partial charge in [0, 0.05) is 13.2 Å². The van der Waals surface area contributed by atoms with Crippen LogP contribution in [0.1, 0.15) is 11.3 Å². The van der Waals surface area contributed by atoms with E-state index in [1.807, 2.05) is 19.2 Å². The lowest BCUT2D eigenvalue weighted by molar-refractivity contribution is 0.306. The van der Waals surface area contributed by atoms with E-state index in [4.69, 9.17) is 10.00 Å². The van der Waals surface area contributed by atoms with Crippen LogP contribution < -0.4 is 4.74 Å². The zero-order valence-electron chi connectivity index (χ0n) is 8.79. The van der Waals surface area contributed by atoms with E-state index in [2.05, 4.69) is 10.1 Å². The van der Waals surface area contributed by atoms with Crippen molar-refractivity contribution in [3.05, 3.63) is 42.0 Å². The average molecular weight is 214 g/mol. The van der Waals surface area contributed by atoms with Gasteiger partial charge in [-0.15, -0.1) is 0 Å². The van der Waals surface area contributed by atoms with Gasteiger partial charge in [-0.05, 0) is 17.7 Å². The molecular formula is C11H10N4O. The van der Waals surface area contributed by atoms with Gasteiger partial charge in [0.15, 0.2) is 5.75 Å². The molecule has 0 aliphatic heterocycles. The fraction of sp³-hybridized carbons (Fsp3) is 0.182. The molecule has 0 aromatic carbocycles. The molecule has 2 rings (SSSR count). The number of nitrogens with zero attached hydrogens (tertiary/aromatic N) is 4. The summed E-state index contributed by atoms with van der Waals surface area (Å²) in [6, 6.07) is 5.51. The molecular weight excluding hydrogens is 204 g/mol. The van der Waals surface area contributed by atoms with Crippen molar-refractivity contribution in [2.45, 2.75) is 6.61 Å². The second kappa shape index (κ2) is 4.45. The van der Waals surface area contributed by atoms with Crippen molar-refractivity contribution in [1.82, 2.24) is 14.8 Å². The Balaban J connectivity index is 2.02. The highest BCUT2D eigenvalue weighted by molar-refractivity contribution is 5.25. The van der Waals surface area contributed by atoms with Crippen LogP contribution >= 0.6 is 0 Å². The van der Waals surface area contributed by atoms with Gasteiger partial charge in [0.05, 0.1) is 12.4 Å². The smallest absolute Gasteiger partial charge is 0.157 e. The van der Waals surface area contributed by atoms with Crippen LogP contribution in [0.2, 0.25) is 0 Å². The lowest BCUT2D eigenvalue weighted by Crippen LogP contribution is -1.96. The summed E-state index contributed by atoms with van der Waals surface area (Å²) in [5.41, 5.74) is 1.31. The first-order valence-corrected chi connectivity index (χ1v) is 4.74. The number of hydrogen-bond donors (Lipinski definition) is 0. The fourth-order valence-electron chi connectivity index (χ4n) is 1.27. The third kappa shape index (κ3) is 2.36. The van der Waals surface area contributed by atoms with Crippen LogP contribution in [0.25, 0.3) is 0 Å². The van der Waals surface area contributed by atoms with Crippen LogP contribution in [0.15, 0.2) is 30.7 Å². The van der Waals surface area contributed by atoms with Gasteiger partial charge in [-0.3, -0.25) is 4.68 Å². The van der Waals surface area contributed by atoms with E-state index in [9.17, 15) is 0 Å². The first kappa shape index (κ1) is 10.2. The van der Waals surface area contributed by atoms with Crippen molar-refractivity contribution in [1.29, 1.82) is 5.26 Å². The number of aryl methyl sites for hydroxylation is 1. The number of nitriles is 1. The molecule has 2 aromatic rings. The summed E-state index contributed by atoms with van der Waals surface area (Å²) in [4.78, 5) is 3.88. The van der Waals surface area contributed by atoms with Crippen molar-refractivity contribution < 1.29 is 4.74 Å². The Morgan fingerprint density at radius 2 is 2.44 bits per heavy atom. The summed E-state index contributed by atoms with van der Waals surface area (Å²) in [5.74, 6) is 0.706. The molecule has 16 heavy (non-hydrogen) atoms. The van der Waals surface area contributed by atoms with E-state index >= 15 is 0 Å². The van der Waals surface area contributed by atoms with Gasteiger partial charge in [-0.25, -0.2) is 4.98 Å². The van der Waals surface area contributed by atoms with E-state index in [1.165, 1.54) is 0 Å². The molecule has 80 valence electrons. The van der Waals surface area contributed by atoms with Crippen molar-refractivity contribution in [2.24, 2.45) is 7.05 Å². The van der Waals surface area contributed by atoms with Crippen LogP contribution in [-0.2, 0) is 13.7 Å². The van der Waals surface area contributed by atoms with Crippen LogP contribution in [0.4, 0.5) is 0 Å². The second-order valence-corrected chi connectivity index (χ2v) is 3.30. The van der Waals surface area contributed by atoms with Crippen LogP contribution in [0.5, 0.6) is 5.75 Å². The van der Waals surface area contributed by atoms with Crippen molar-refractivity contribution >= 4 is 0 Å². The minimum atomic E-state index is 0.396. The highest BCUT2D eigenvalue weighted by atomic mass is 16.5. The van der Waals surface area contributed by atoms with Gasteiger partial charge < -0.3 is 4.74 Å². The molecule has 0 atom stereocenters. The van der Waals surface area contributed by atoms with Crippen molar-refractivity contribution in [2.75, 3.05) is 0 Å². The number of hydrogen-bond acceptors (Lipinski definition) is 4. The molecule has 0 saturated heterocycles. The predicted molar refractivity (Wildman–Crippen MR) is 56.5 cm³/mol. The van der Waals surface area contributed by atoms with Gasteiger partial charge in [-0.1, -0.05) is 0 Å². The van der Waals surface area contributed by atoms with Gasteiger partial charge >= 0.3 is 0 Å². The minimum Gasteiger partial charge on any atom is -0.486 e. The Morgan fingerprint density at radius 1 is 1.56 bits per heavy atom. The Bertz CT molecular complexity index is 527. The monoisotopic (exact) mass is 214 g/mol. The number of aromatic nitrogens is 3. The molecule has 0 N–H and O–H groups in total. The summed E-state index contributed by atoms with van der Waals surface area (Å²) in [6.45, 7) is 0.406. The quantitative estimate of drug-likeness (QED) is 0.771. The highest BCUT2D eigenvalue weighted by Crippen LogP contribution is 2.10. The number of ether oxygens (including phenoxy) is 1. The molecule has 0 aliphatic carbocycles. The maximum absolute atomic E-state index is 8.68. The number of rotatable bonds is 3. The Morgan fingerprint density at radius 3 is 3.12 bits per heavy atom. The zero-order chi connectivity index (χ0) is 11.4. The molecule has 0 fully saturated rings. The zero-order valence-corrected chi connectivity index (χ0v) is 8.79. The average Bonchev–Trinajstić information content (AvgIpc) is 2.73. The molecule has 0 radical (unpaired) electrons. The SMILES string of the molecule is Cn1cc(OCc2ccnc(C#N)c2)cn1. The molecule has 2 heterocycles. The lowest BCUT2D eigenvalue weighted by Gasteiger charge is -2.02. The molecule has 5 heteroatoms. The molecule has 0 bridgehead atoms. The van der Waals surface area contributed by atoms with Gasteiger partial charge in [0.25, 0.3) is 0 Å². The molecule has 0 amide bonds. The third-order valence-corrected chi connectivity index (χ3v) is 2.03. The number of pyridine rings is 1. The fourth-order valence-corrected chi connectivity index (χ4v) is 1.27. The molecule has 2 aromatic heterocycles. The first-order chi connectivity index (χ1) is 7.78. The van der Waals surface area contributed by atoms with E-state index in [0.717, 1.165) is 5.56 Å². The van der Waals surface area contributed by atoms with E-state index in [0.29, 0.717) is 18.1 Å². The summed E-state index contributed by atoms with van der Waals surface area (Å²) >= 11 is 0. The second-order valence-electron chi connectivity index (χ2n) is 3.30. The maximum atomic E-state index is 8.68. The minimum absolute atomic E-state index is 0.396. The normalized spacial score (nSPS) is 9.75. The molecule has 0 aliphatic rings. The van der Waals surface area contributed by atoms with Crippen molar-refractivity contribution in [3.8, 4) is 11.8 Å². The van der Waals surface area contributed by atoms with Crippen LogP contribution in [0, 0.1) is 11.3 Å².